The number of sulfonamides is 1. The first kappa shape index (κ1) is 14.4. The molecular weight excluding hydrogens is 350 g/mol. The lowest BCUT2D eigenvalue weighted by atomic mass is 10.2. The van der Waals surface area contributed by atoms with Gasteiger partial charge in [0.1, 0.15) is 4.90 Å². The van der Waals surface area contributed by atoms with Crippen LogP contribution in [0.1, 0.15) is 10.4 Å². The van der Waals surface area contributed by atoms with Crippen LogP contribution in [0.3, 0.4) is 0 Å². The van der Waals surface area contributed by atoms with Gasteiger partial charge in [-0.25, -0.2) is 13.4 Å². The Bertz CT molecular complexity index is 698. The van der Waals surface area contributed by atoms with Crippen LogP contribution >= 0.6 is 27.3 Å². The minimum Gasteiger partial charge on any atom is -0.326 e. The van der Waals surface area contributed by atoms with E-state index in [0.717, 1.165) is 10.4 Å². The zero-order valence-electron chi connectivity index (χ0n) is 10.1. The second kappa shape index (κ2) is 5.58. The van der Waals surface area contributed by atoms with Crippen molar-refractivity contribution in [1.29, 1.82) is 0 Å². The van der Waals surface area contributed by atoms with Crippen molar-refractivity contribution in [2.45, 2.75) is 18.4 Å². The SMILES string of the molecule is Cc1cnc(NS(=O)(=O)c2cc(CN)ccc2Br)s1. The first-order valence-corrected chi connectivity index (χ1v) is 8.45. The molecule has 8 heteroatoms. The Hall–Kier alpha value is -0.960. The lowest BCUT2D eigenvalue weighted by Crippen LogP contribution is -2.14. The first-order chi connectivity index (χ1) is 8.92. The molecule has 1 heterocycles. The number of hydrogen-bond donors (Lipinski definition) is 2. The average Bonchev–Trinajstić information content (AvgIpc) is 2.74. The van der Waals surface area contributed by atoms with Crippen LogP contribution in [0.25, 0.3) is 0 Å². The second-order valence-electron chi connectivity index (χ2n) is 3.85. The third kappa shape index (κ3) is 3.33. The van der Waals surface area contributed by atoms with Gasteiger partial charge in [-0.3, -0.25) is 4.72 Å². The molecule has 5 nitrogen and oxygen atoms in total. The quantitative estimate of drug-likeness (QED) is 0.875. The molecule has 0 fully saturated rings. The Morgan fingerprint density at radius 1 is 1.47 bits per heavy atom. The third-order valence-electron chi connectivity index (χ3n) is 2.36. The summed E-state index contributed by atoms with van der Waals surface area (Å²) < 4.78 is 27.5. The summed E-state index contributed by atoms with van der Waals surface area (Å²) in [5.74, 6) is 0. The molecule has 1 aromatic carbocycles. The van der Waals surface area contributed by atoms with Crippen molar-refractivity contribution in [2.24, 2.45) is 5.73 Å². The fourth-order valence-electron chi connectivity index (χ4n) is 1.45. The molecule has 3 N–H and O–H groups in total. The molecule has 0 aliphatic heterocycles. The molecule has 19 heavy (non-hydrogen) atoms. The molecule has 1 aromatic heterocycles. The highest BCUT2D eigenvalue weighted by Gasteiger charge is 2.19. The molecule has 0 aliphatic rings. The van der Waals surface area contributed by atoms with E-state index >= 15 is 0 Å². The van der Waals surface area contributed by atoms with Gasteiger partial charge in [0.2, 0.25) is 0 Å². The summed E-state index contributed by atoms with van der Waals surface area (Å²) >= 11 is 4.52. The smallest absolute Gasteiger partial charge is 0.264 e. The van der Waals surface area contributed by atoms with Crippen LogP contribution in [-0.2, 0) is 16.6 Å². The van der Waals surface area contributed by atoms with Crippen LogP contribution < -0.4 is 10.5 Å². The predicted molar refractivity (Wildman–Crippen MR) is 79.7 cm³/mol. The molecule has 0 spiro atoms. The molecule has 2 aromatic rings. The fourth-order valence-corrected chi connectivity index (χ4v) is 4.37. The Balaban J connectivity index is 2.39. The number of benzene rings is 1. The fraction of sp³-hybridized carbons (Fsp3) is 0.182. The number of aromatic nitrogens is 1. The Morgan fingerprint density at radius 2 is 2.21 bits per heavy atom. The molecule has 0 amide bonds. The topological polar surface area (TPSA) is 85.1 Å². The van der Waals surface area contributed by atoms with Gasteiger partial charge >= 0.3 is 0 Å². The minimum absolute atomic E-state index is 0.156. The van der Waals surface area contributed by atoms with Crippen LogP contribution in [0.5, 0.6) is 0 Å². The van der Waals surface area contributed by atoms with Crippen molar-refractivity contribution in [3.05, 3.63) is 39.3 Å². The van der Waals surface area contributed by atoms with Crippen LogP contribution in [0, 0.1) is 6.92 Å². The van der Waals surface area contributed by atoms with E-state index in [2.05, 4.69) is 25.6 Å². The third-order valence-corrected chi connectivity index (χ3v) is 5.65. The van der Waals surface area contributed by atoms with Gasteiger partial charge in [0.05, 0.1) is 0 Å². The lowest BCUT2D eigenvalue weighted by molar-refractivity contribution is 0.600. The molecule has 0 atom stereocenters. The van der Waals surface area contributed by atoms with E-state index < -0.39 is 10.0 Å². The van der Waals surface area contributed by atoms with Crippen molar-refractivity contribution in [3.8, 4) is 0 Å². The van der Waals surface area contributed by atoms with Crippen LogP contribution in [-0.4, -0.2) is 13.4 Å². The number of anilines is 1. The van der Waals surface area contributed by atoms with Gasteiger partial charge in [-0.05, 0) is 40.5 Å². The van der Waals surface area contributed by atoms with Crippen LogP contribution in [0.4, 0.5) is 5.13 Å². The van der Waals surface area contributed by atoms with Crippen molar-refractivity contribution < 1.29 is 8.42 Å². The summed E-state index contributed by atoms with van der Waals surface area (Å²) in [7, 11) is -3.67. The number of rotatable bonds is 4. The van der Waals surface area contributed by atoms with Gasteiger partial charge in [-0.15, -0.1) is 11.3 Å². The van der Waals surface area contributed by atoms with Gasteiger partial charge in [-0.2, -0.15) is 0 Å². The van der Waals surface area contributed by atoms with Gasteiger partial charge in [0.25, 0.3) is 10.0 Å². The zero-order valence-corrected chi connectivity index (χ0v) is 13.3. The Labute approximate surface area is 124 Å². The van der Waals surface area contributed by atoms with Crippen molar-refractivity contribution in [2.75, 3.05) is 4.72 Å². The van der Waals surface area contributed by atoms with Gasteiger partial charge < -0.3 is 5.73 Å². The highest BCUT2D eigenvalue weighted by molar-refractivity contribution is 9.10. The molecule has 102 valence electrons. The maximum absolute atomic E-state index is 12.3. The molecule has 0 aliphatic carbocycles. The number of aryl methyl sites for hydroxylation is 1. The number of nitrogens with two attached hydrogens (primary N) is 1. The van der Waals surface area contributed by atoms with Crippen molar-refractivity contribution in [1.82, 2.24) is 4.98 Å². The summed E-state index contributed by atoms with van der Waals surface area (Å²) in [5.41, 5.74) is 6.28. The average molecular weight is 362 g/mol. The molecule has 0 radical (unpaired) electrons. The number of thiazole rings is 1. The summed E-state index contributed by atoms with van der Waals surface area (Å²) in [6.07, 6.45) is 1.62. The molecule has 2 rings (SSSR count). The Kier molecular flexibility index (Phi) is 4.24. The number of nitrogens with one attached hydrogen (secondary N) is 1. The van der Waals surface area contributed by atoms with E-state index in [1.54, 1.807) is 24.4 Å². The summed E-state index contributed by atoms with van der Waals surface area (Å²) in [6.45, 7) is 2.15. The molecule has 0 bridgehead atoms. The first-order valence-electron chi connectivity index (χ1n) is 5.36. The maximum Gasteiger partial charge on any atom is 0.264 e. The standard InChI is InChI=1S/C11H12BrN3O2S2/c1-7-6-14-11(18-7)15-19(16,17)10-4-8(5-13)2-3-9(10)12/h2-4,6H,5,13H2,1H3,(H,14,15). The molecule has 0 unspecified atom stereocenters. The van der Waals surface area contributed by atoms with E-state index in [0.29, 0.717) is 9.60 Å². The van der Waals surface area contributed by atoms with E-state index in [9.17, 15) is 8.42 Å². The number of nitrogens with zero attached hydrogens (tertiary/aromatic N) is 1. The predicted octanol–water partition coefficient (Wildman–Crippen LogP) is 2.47. The largest absolute Gasteiger partial charge is 0.326 e. The maximum atomic E-state index is 12.3. The monoisotopic (exact) mass is 361 g/mol. The molecular formula is C11H12BrN3O2S2. The van der Waals surface area contributed by atoms with Crippen molar-refractivity contribution >= 4 is 42.4 Å². The van der Waals surface area contributed by atoms with E-state index in [4.69, 9.17) is 5.73 Å². The zero-order chi connectivity index (χ0) is 14.0. The van der Waals surface area contributed by atoms with Crippen LogP contribution in [0.15, 0.2) is 33.8 Å². The summed E-state index contributed by atoms with van der Waals surface area (Å²) in [4.78, 5) is 5.08. The highest BCUT2D eigenvalue weighted by atomic mass is 79.9. The van der Waals surface area contributed by atoms with E-state index in [-0.39, 0.29) is 11.4 Å². The van der Waals surface area contributed by atoms with Gasteiger partial charge in [0.15, 0.2) is 5.13 Å². The minimum atomic E-state index is -3.67. The van der Waals surface area contributed by atoms with E-state index in [1.807, 2.05) is 6.92 Å². The van der Waals surface area contributed by atoms with Crippen LogP contribution in [0.2, 0.25) is 0 Å². The number of hydrogen-bond acceptors (Lipinski definition) is 5. The second-order valence-corrected chi connectivity index (χ2v) is 7.59. The van der Waals surface area contributed by atoms with Gasteiger partial charge in [-0.1, -0.05) is 6.07 Å². The Morgan fingerprint density at radius 3 is 2.79 bits per heavy atom. The lowest BCUT2D eigenvalue weighted by Gasteiger charge is -2.08. The van der Waals surface area contributed by atoms with E-state index in [1.165, 1.54) is 11.3 Å². The number of halogens is 1. The highest BCUT2D eigenvalue weighted by Crippen LogP contribution is 2.26. The summed E-state index contributed by atoms with van der Waals surface area (Å²) in [5, 5.41) is 0.350. The van der Waals surface area contributed by atoms with Crippen molar-refractivity contribution in [3.63, 3.8) is 0 Å². The molecule has 0 saturated heterocycles. The summed E-state index contributed by atoms with van der Waals surface area (Å²) in [6, 6.07) is 4.99. The normalized spacial score (nSPS) is 11.5. The molecule has 0 saturated carbocycles. The van der Waals surface area contributed by atoms with Gasteiger partial charge in [0, 0.05) is 22.1 Å².